The number of ether oxygens (including phenoxy) is 1. The third kappa shape index (κ3) is 5.10. The second-order valence-corrected chi connectivity index (χ2v) is 10.2. The summed E-state index contributed by atoms with van der Waals surface area (Å²) in [5, 5.41) is 4.80. The van der Waals surface area contributed by atoms with Gasteiger partial charge < -0.3 is 9.44 Å². The van der Waals surface area contributed by atoms with Crippen LogP contribution in [0.25, 0.3) is 5.69 Å². The second kappa shape index (κ2) is 10.0. The van der Waals surface area contributed by atoms with Gasteiger partial charge in [-0.1, -0.05) is 42.6 Å². The molecule has 1 aliphatic carbocycles. The summed E-state index contributed by atoms with van der Waals surface area (Å²) in [5.74, 6) is 0.931. The lowest BCUT2D eigenvalue weighted by molar-refractivity contribution is -0.739. The van der Waals surface area contributed by atoms with E-state index >= 15 is 0 Å². The molecule has 31 heavy (non-hydrogen) atoms. The highest BCUT2D eigenvalue weighted by Crippen LogP contribution is 2.38. The molecule has 0 amide bonds. The number of aromatic nitrogens is 3. The van der Waals surface area contributed by atoms with Crippen molar-refractivity contribution in [3.05, 3.63) is 71.5 Å². The lowest BCUT2D eigenvalue weighted by Gasteiger charge is -2.23. The van der Waals surface area contributed by atoms with Crippen LogP contribution in [0.3, 0.4) is 0 Å². The molecule has 2 heterocycles. The van der Waals surface area contributed by atoms with Crippen molar-refractivity contribution in [3.8, 4) is 5.69 Å². The van der Waals surface area contributed by atoms with E-state index in [-0.39, 0.29) is 16.9 Å². The van der Waals surface area contributed by atoms with Gasteiger partial charge in [-0.05, 0) is 67.3 Å². The number of hydrogen-bond donors (Lipinski definition) is 0. The maximum atomic E-state index is 9.67. The molecule has 0 fully saturated rings. The maximum Gasteiger partial charge on any atom is 0.762 e. The van der Waals surface area contributed by atoms with Gasteiger partial charge in [0.1, 0.15) is 18.8 Å². The van der Waals surface area contributed by atoms with E-state index in [1.54, 1.807) is 0 Å². The van der Waals surface area contributed by atoms with Crippen LogP contribution >= 0.6 is 63.7 Å². The monoisotopic (exact) mass is 689 g/mol. The van der Waals surface area contributed by atoms with Gasteiger partial charge in [0, 0.05) is 20.5 Å². The lowest BCUT2D eigenvalue weighted by atomic mass is 10.1. The summed E-state index contributed by atoms with van der Waals surface area (Å²) in [6.45, 7) is 0.523. The normalized spacial score (nSPS) is 18.2. The highest BCUT2D eigenvalue weighted by Gasteiger charge is 2.43. The number of nitrogens with zero attached hydrogens (tertiary/aromatic N) is 3. The Hall–Kier alpha value is -0.755. The minimum atomic E-state index is -3.67. The van der Waals surface area contributed by atoms with Crippen LogP contribution in [-0.4, -0.2) is 23.4 Å². The van der Waals surface area contributed by atoms with Crippen molar-refractivity contribution < 1.29 is 27.0 Å². The van der Waals surface area contributed by atoms with E-state index in [0.29, 0.717) is 6.61 Å². The summed E-state index contributed by atoms with van der Waals surface area (Å²) >= 11 is 14.4. The minimum Gasteiger partial charge on any atom is -1.00 e. The summed E-state index contributed by atoms with van der Waals surface area (Å²) in [6.07, 6.45) is 3.17. The quantitative estimate of drug-likeness (QED) is 0.223. The number of benzene rings is 2. The zero-order valence-electron chi connectivity index (χ0n) is 15.4. The highest BCUT2D eigenvalue weighted by molar-refractivity contribution is 9.11. The topological polar surface area (TPSA) is 30.9 Å². The molecule has 164 valence electrons. The van der Waals surface area contributed by atoms with Crippen LogP contribution in [0.15, 0.2) is 54.6 Å². The molecule has 2 unspecified atom stereocenters. The summed E-state index contributed by atoms with van der Waals surface area (Å²) in [6, 6.07) is 10.7. The molecular formula is C18H12BBr4F4N3O. The summed E-state index contributed by atoms with van der Waals surface area (Å²) in [4.78, 5) is 0. The van der Waals surface area contributed by atoms with Gasteiger partial charge in [-0.2, -0.15) is 0 Å². The third-order valence-corrected chi connectivity index (χ3v) is 7.05. The van der Waals surface area contributed by atoms with Crippen molar-refractivity contribution >= 4 is 71.3 Å². The van der Waals surface area contributed by atoms with Crippen LogP contribution < -0.4 is 9.27 Å². The molecule has 0 spiro atoms. The Bertz CT molecular complexity index is 1090. The molecule has 2 atom stereocenters. The standard InChI is InChI=1S/C18H12Br4N3O.BF3.FH/c19-10-2-1-9-3-15-17(12(9)4-10)24-8-25(23-16(24)7-26-15)18-13(21)5-11(20)6-14(18)22;2-1(3)4;/h1-2,4-6,8,15,17H,3,7H2;;1H/q+1;;/p-1. The Morgan fingerprint density at radius 2 is 1.68 bits per heavy atom. The Kier molecular flexibility index (Phi) is 8.04. The molecule has 1 aromatic heterocycles. The zero-order chi connectivity index (χ0) is 21.6. The Morgan fingerprint density at radius 3 is 2.32 bits per heavy atom. The van der Waals surface area contributed by atoms with E-state index in [2.05, 4.69) is 92.8 Å². The molecule has 0 saturated carbocycles. The zero-order valence-corrected chi connectivity index (χ0v) is 21.7. The van der Waals surface area contributed by atoms with Gasteiger partial charge in [0.2, 0.25) is 6.33 Å². The first-order chi connectivity index (χ1) is 14.2. The molecule has 13 heteroatoms. The van der Waals surface area contributed by atoms with Gasteiger partial charge in [-0.3, -0.25) is 12.9 Å². The summed E-state index contributed by atoms with van der Waals surface area (Å²) in [5.41, 5.74) is 3.63. The molecule has 3 aromatic rings. The van der Waals surface area contributed by atoms with Gasteiger partial charge in [0.25, 0.3) is 0 Å². The Balaban J connectivity index is 0.000000504. The lowest BCUT2D eigenvalue weighted by Crippen LogP contribution is -3.00. The largest absolute Gasteiger partial charge is 1.00 e. The van der Waals surface area contributed by atoms with Crippen LogP contribution in [0.1, 0.15) is 23.0 Å². The van der Waals surface area contributed by atoms with Crippen LogP contribution in [0, 0.1) is 0 Å². The first-order valence-electron chi connectivity index (χ1n) is 8.71. The van der Waals surface area contributed by atoms with Crippen molar-refractivity contribution in [2.45, 2.75) is 25.2 Å². The maximum absolute atomic E-state index is 9.67. The third-order valence-electron chi connectivity index (χ3n) is 4.89. The van der Waals surface area contributed by atoms with Crippen LogP contribution in [0.5, 0.6) is 0 Å². The van der Waals surface area contributed by atoms with E-state index in [1.165, 1.54) is 11.1 Å². The fourth-order valence-electron chi connectivity index (χ4n) is 3.80. The minimum absolute atomic E-state index is 0. The molecule has 2 aromatic carbocycles. The average Bonchev–Trinajstić information content (AvgIpc) is 3.20. The fraction of sp³-hybridized carbons (Fsp3) is 0.222. The summed E-state index contributed by atoms with van der Waals surface area (Å²) in [7, 11) is -3.67. The SMILES string of the molecule is Brc1cc(Br)c(-n2c[n+]3c(n2)COC2Cc4ccc(Br)cc4C23)c(Br)c1.FB(F)F.[F-]. The second-order valence-electron chi connectivity index (χ2n) is 6.69. The van der Waals surface area contributed by atoms with E-state index in [4.69, 9.17) is 9.84 Å². The van der Waals surface area contributed by atoms with Crippen molar-refractivity contribution in [3.63, 3.8) is 0 Å². The van der Waals surface area contributed by atoms with Crippen molar-refractivity contribution in [2.75, 3.05) is 0 Å². The highest BCUT2D eigenvalue weighted by atomic mass is 79.9. The smallest absolute Gasteiger partial charge is 0.762 e. The van der Waals surface area contributed by atoms with Gasteiger partial charge in [-0.25, -0.2) is 4.57 Å². The van der Waals surface area contributed by atoms with Crippen molar-refractivity contribution in [1.82, 2.24) is 9.78 Å². The molecule has 2 aliphatic rings. The van der Waals surface area contributed by atoms with Crippen molar-refractivity contribution in [1.29, 1.82) is 0 Å². The molecule has 0 radical (unpaired) electrons. The Morgan fingerprint density at radius 1 is 1.03 bits per heavy atom. The molecule has 0 saturated heterocycles. The predicted octanol–water partition coefficient (Wildman–Crippen LogP) is 3.14. The number of halogens is 8. The summed E-state index contributed by atoms with van der Waals surface area (Å²) < 4.78 is 43.3. The predicted molar refractivity (Wildman–Crippen MR) is 120 cm³/mol. The van der Waals surface area contributed by atoms with Crippen molar-refractivity contribution in [2.24, 2.45) is 0 Å². The van der Waals surface area contributed by atoms with E-state index in [9.17, 15) is 12.9 Å². The first kappa shape index (κ1) is 24.9. The van der Waals surface area contributed by atoms with E-state index < -0.39 is 7.54 Å². The molecule has 0 N–H and O–H groups in total. The van der Waals surface area contributed by atoms with Crippen LogP contribution in [0.2, 0.25) is 0 Å². The molecule has 4 nitrogen and oxygen atoms in total. The van der Waals surface area contributed by atoms with Gasteiger partial charge >= 0.3 is 13.4 Å². The molecule has 5 rings (SSSR count). The first-order valence-corrected chi connectivity index (χ1v) is 11.9. The van der Waals surface area contributed by atoms with Gasteiger partial charge in [0.15, 0.2) is 5.69 Å². The van der Waals surface area contributed by atoms with Crippen LogP contribution in [0.4, 0.5) is 12.9 Å². The number of rotatable bonds is 1. The molecule has 1 aliphatic heterocycles. The van der Waals surface area contributed by atoms with E-state index in [1.807, 2.05) is 16.8 Å². The average molecular weight is 693 g/mol. The number of hydrogen-bond acceptors (Lipinski definition) is 2. The molecule has 0 bridgehead atoms. The van der Waals surface area contributed by atoms with Crippen LogP contribution in [-0.2, 0) is 17.8 Å². The van der Waals surface area contributed by atoms with Gasteiger partial charge in [-0.15, -0.1) is 0 Å². The molecular weight excluding hydrogens is 681 g/mol. The number of fused-ring (bicyclic) bond motifs is 5. The van der Waals surface area contributed by atoms with E-state index in [0.717, 1.165) is 35.8 Å². The Labute approximate surface area is 209 Å². The fourth-order valence-corrected chi connectivity index (χ4v) is 6.80. The van der Waals surface area contributed by atoms with Gasteiger partial charge in [0.05, 0.1) is 8.95 Å².